The Morgan fingerprint density at radius 2 is 1.27 bits per heavy atom. The van der Waals surface area contributed by atoms with Crippen molar-refractivity contribution in [1.82, 2.24) is 0 Å². The lowest BCUT2D eigenvalue weighted by Crippen LogP contribution is -1.95. The highest BCUT2D eigenvalue weighted by Gasteiger charge is 2.00. The van der Waals surface area contributed by atoms with Gasteiger partial charge in [0.2, 0.25) is 0 Å². The maximum absolute atomic E-state index is 5.71. The molecule has 0 aromatic heterocycles. The minimum Gasteiger partial charge on any atom is -0.494 e. The lowest BCUT2D eigenvalue weighted by atomic mass is 10.0. The Bertz CT molecular complexity index is 473. The summed E-state index contributed by atoms with van der Waals surface area (Å²) in [5.41, 5.74) is 3.97. The molecular formula is C21H28O. The predicted octanol–water partition coefficient (Wildman–Crippen LogP) is 6.27. The first kappa shape index (κ1) is 16.6. The molecule has 0 atom stereocenters. The van der Waals surface area contributed by atoms with E-state index in [4.69, 9.17) is 4.74 Å². The van der Waals surface area contributed by atoms with Crippen molar-refractivity contribution in [2.75, 3.05) is 6.61 Å². The van der Waals surface area contributed by atoms with Crippen LogP contribution in [-0.4, -0.2) is 6.61 Å². The van der Waals surface area contributed by atoms with Gasteiger partial charge in [-0.05, 0) is 48.1 Å². The minimum absolute atomic E-state index is 0.808. The van der Waals surface area contributed by atoms with E-state index in [1.165, 1.54) is 48.8 Å². The van der Waals surface area contributed by atoms with Gasteiger partial charge in [0.1, 0.15) is 5.75 Å². The quantitative estimate of drug-likeness (QED) is 0.496. The first-order chi connectivity index (χ1) is 10.8. The highest BCUT2D eigenvalue weighted by atomic mass is 16.5. The van der Waals surface area contributed by atoms with Crippen LogP contribution in [0.4, 0.5) is 0 Å². The van der Waals surface area contributed by atoms with Crippen LogP contribution < -0.4 is 4.74 Å². The number of ether oxygens (including phenoxy) is 1. The number of aryl methyl sites for hydroxylation is 1. The first-order valence-electron chi connectivity index (χ1n) is 8.65. The van der Waals surface area contributed by atoms with Crippen LogP contribution >= 0.6 is 0 Å². The molecular weight excluding hydrogens is 268 g/mol. The molecule has 0 heterocycles. The maximum Gasteiger partial charge on any atom is 0.119 e. The summed E-state index contributed by atoms with van der Waals surface area (Å²) in [6.07, 6.45) is 7.37. The zero-order chi connectivity index (χ0) is 15.6. The molecule has 1 heteroatoms. The SMILES string of the molecule is CCCCCc1ccc(-c2ccc(OCCCC)cc2)cc1. The molecule has 0 saturated heterocycles. The van der Waals surface area contributed by atoms with Crippen LogP contribution in [0.3, 0.4) is 0 Å². The Hall–Kier alpha value is -1.76. The Morgan fingerprint density at radius 1 is 0.682 bits per heavy atom. The minimum atomic E-state index is 0.808. The summed E-state index contributed by atoms with van der Waals surface area (Å²) < 4.78 is 5.71. The summed E-state index contributed by atoms with van der Waals surface area (Å²) in [6.45, 7) is 5.24. The lowest BCUT2D eigenvalue weighted by molar-refractivity contribution is 0.309. The molecule has 22 heavy (non-hydrogen) atoms. The molecule has 0 aliphatic heterocycles. The highest BCUT2D eigenvalue weighted by Crippen LogP contribution is 2.23. The fraction of sp³-hybridized carbons (Fsp3) is 0.429. The lowest BCUT2D eigenvalue weighted by Gasteiger charge is -2.07. The molecule has 0 bridgehead atoms. The molecule has 0 spiro atoms. The molecule has 0 radical (unpaired) electrons. The van der Waals surface area contributed by atoms with Crippen molar-refractivity contribution in [2.45, 2.75) is 52.4 Å². The normalized spacial score (nSPS) is 10.6. The Balaban J connectivity index is 1.93. The smallest absolute Gasteiger partial charge is 0.119 e. The van der Waals surface area contributed by atoms with E-state index in [1.807, 2.05) is 0 Å². The Kier molecular flexibility index (Phi) is 7.02. The van der Waals surface area contributed by atoms with Gasteiger partial charge in [-0.2, -0.15) is 0 Å². The summed E-state index contributed by atoms with van der Waals surface area (Å²) in [5, 5.41) is 0. The predicted molar refractivity (Wildman–Crippen MR) is 95.5 cm³/mol. The molecule has 118 valence electrons. The molecule has 0 unspecified atom stereocenters. The third-order valence-corrected chi connectivity index (χ3v) is 3.98. The van der Waals surface area contributed by atoms with Gasteiger partial charge in [-0.15, -0.1) is 0 Å². The molecule has 0 aliphatic rings. The van der Waals surface area contributed by atoms with Gasteiger partial charge >= 0.3 is 0 Å². The van der Waals surface area contributed by atoms with Crippen LogP contribution in [0.1, 0.15) is 51.5 Å². The van der Waals surface area contributed by atoms with Gasteiger partial charge in [0.25, 0.3) is 0 Å². The summed E-state index contributed by atoms with van der Waals surface area (Å²) in [6, 6.07) is 17.4. The summed E-state index contributed by atoms with van der Waals surface area (Å²) in [4.78, 5) is 0. The third-order valence-electron chi connectivity index (χ3n) is 3.98. The fourth-order valence-electron chi connectivity index (χ4n) is 2.52. The van der Waals surface area contributed by atoms with Crippen LogP contribution in [0.5, 0.6) is 5.75 Å². The highest BCUT2D eigenvalue weighted by molar-refractivity contribution is 5.64. The maximum atomic E-state index is 5.71. The van der Waals surface area contributed by atoms with Crippen LogP contribution in [0.15, 0.2) is 48.5 Å². The van der Waals surface area contributed by atoms with E-state index >= 15 is 0 Å². The third kappa shape index (κ3) is 5.22. The second kappa shape index (κ2) is 9.30. The van der Waals surface area contributed by atoms with Gasteiger partial charge in [-0.3, -0.25) is 0 Å². The van der Waals surface area contributed by atoms with Crippen LogP contribution in [0, 0.1) is 0 Å². The van der Waals surface area contributed by atoms with Gasteiger partial charge in [-0.25, -0.2) is 0 Å². The van der Waals surface area contributed by atoms with E-state index < -0.39 is 0 Å². The summed E-state index contributed by atoms with van der Waals surface area (Å²) >= 11 is 0. The molecule has 2 rings (SSSR count). The largest absolute Gasteiger partial charge is 0.494 e. The number of benzene rings is 2. The molecule has 0 fully saturated rings. The molecule has 0 saturated carbocycles. The molecule has 0 N–H and O–H groups in total. The molecule has 2 aromatic carbocycles. The van der Waals surface area contributed by atoms with Crippen LogP contribution in [0.2, 0.25) is 0 Å². The van der Waals surface area contributed by atoms with Gasteiger partial charge in [0, 0.05) is 0 Å². The monoisotopic (exact) mass is 296 g/mol. The van der Waals surface area contributed by atoms with E-state index in [-0.39, 0.29) is 0 Å². The number of unbranched alkanes of at least 4 members (excludes halogenated alkanes) is 3. The zero-order valence-electron chi connectivity index (χ0n) is 14.0. The average molecular weight is 296 g/mol. The van der Waals surface area contributed by atoms with Crippen molar-refractivity contribution < 1.29 is 4.74 Å². The Labute approximate surface area is 135 Å². The number of rotatable bonds is 9. The standard InChI is InChI=1S/C21H28O/c1-3-5-7-8-18-9-11-19(12-10-18)20-13-15-21(16-14-20)22-17-6-4-2/h9-16H,3-8,17H2,1-2H3. The number of hydrogen-bond donors (Lipinski definition) is 0. The van der Waals surface area contributed by atoms with Gasteiger partial charge < -0.3 is 4.74 Å². The van der Waals surface area contributed by atoms with Crippen molar-refractivity contribution in [3.63, 3.8) is 0 Å². The van der Waals surface area contributed by atoms with Crippen molar-refractivity contribution in [3.8, 4) is 16.9 Å². The second-order valence-corrected chi connectivity index (χ2v) is 5.88. The molecule has 0 amide bonds. The van der Waals surface area contributed by atoms with Crippen molar-refractivity contribution in [3.05, 3.63) is 54.1 Å². The van der Waals surface area contributed by atoms with Crippen molar-refractivity contribution >= 4 is 0 Å². The molecule has 0 aliphatic carbocycles. The van der Waals surface area contributed by atoms with Crippen molar-refractivity contribution in [1.29, 1.82) is 0 Å². The summed E-state index contributed by atoms with van der Waals surface area (Å²) in [5.74, 6) is 0.966. The van der Waals surface area contributed by atoms with E-state index in [2.05, 4.69) is 62.4 Å². The Morgan fingerprint density at radius 3 is 1.86 bits per heavy atom. The van der Waals surface area contributed by atoms with Crippen LogP contribution in [-0.2, 0) is 6.42 Å². The summed E-state index contributed by atoms with van der Waals surface area (Å²) in [7, 11) is 0. The van der Waals surface area contributed by atoms with Gasteiger partial charge in [-0.1, -0.05) is 69.5 Å². The second-order valence-electron chi connectivity index (χ2n) is 5.88. The van der Waals surface area contributed by atoms with Crippen molar-refractivity contribution in [2.24, 2.45) is 0 Å². The van der Waals surface area contributed by atoms with E-state index in [0.29, 0.717) is 0 Å². The topological polar surface area (TPSA) is 9.23 Å². The van der Waals surface area contributed by atoms with Gasteiger partial charge in [0.15, 0.2) is 0 Å². The van der Waals surface area contributed by atoms with Gasteiger partial charge in [0.05, 0.1) is 6.61 Å². The van der Waals surface area contributed by atoms with E-state index in [0.717, 1.165) is 18.8 Å². The molecule has 1 nitrogen and oxygen atoms in total. The van der Waals surface area contributed by atoms with E-state index in [9.17, 15) is 0 Å². The fourth-order valence-corrected chi connectivity index (χ4v) is 2.52. The first-order valence-corrected chi connectivity index (χ1v) is 8.65. The number of hydrogen-bond acceptors (Lipinski definition) is 1. The van der Waals surface area contributed by atoms with E-state index in [1.54, 1.807) is 0 Å². The molecule has 2 aromatic rings. The average Bonchev–Trinajstić information content (AvgIpc) is 2.57. The zero-order valence-corrected chi connectivity index (χ0v) is 14.0. The van der Waals surface area contributed by atoms with Crippen LogP contribution in [0.25, 0.3) is 11.1 Å².